The van der Waals surface area contributed by atoms with Crippen molar-refractivity contribution in [2.75, 3.05) is 0 Å². The molecule has 0 fully saturated rings. The van der Waals surface area contributed by atoms with Crippen molar-refractivity contribution in [3.8, 4) is 78.6 Å². The largest absolute Gasteiger partial charge is 0.507 e. The number of imidazole rings is 1. The summed E-state index contributed by atoms with van der Waals surface area (Å²) in [6.07, 6.45) is 1.65. The maximum absolute atomic E-state index is 12.7. The van der Waals surface area contributed by atoms with E-state index < -0.39 is 37.3 Å². The van der Waals surface area contributed by atoms with E-state index in [0.29, 0.717) is 44.9 Å². The van der Waals surface area contributed by atoms with Gasteiger partial charge in [-0.3, -0.25) is 9.55 Å². The third-order valence-corrected chi connectivity index (χ3v) is 13.5. The molecular weight excluding hydrogens is 1060 g/mol. The van der Waals surface area contributed by atoms with Crippen molar-refractivity contribution in [1.82, 2.24) is 14.5 Å². The number of hydrogen-bond acceptors (Lipinski definition) is 3. The van der Waals surface area contributed by atoms with Gasteiger partial charge in [0.1, 0.15) is 11.6 Å². The molecule has 7 aromatic carbocycles. The van der Waals surface area contributed by atoms with Gasteiger partial charge in [0.15, 0.2) is 0 Å². The zero-order valence-electron chi connectivity index (χ0n) is 53.1. The van der Waals surface area contributed by atoms with Crippen LogP contribution < -0.4 is 0 Å². The van der Waals surface area contributed by atoms with Crippen molar-refractivity contribution in [1.29, 1.82) is 0 Å². The SMILES string of the molecule is [2H]C(C)(C)c1ccc(-n2c(-c3cc(C(C)(C)C)cc(C(C)(C)C)c3O)nc3c(-c4[c-]c(-c5cc(-c6ccc(C(C([2H])([2H])[2H])(C([2H])([2H])[2H])C([2H])([2H])[2H])cc6)ccn5)cc(-c5ccccc5)c4)cccc32)c(-c2ccc(C(C)(C)C)cc2)c1.[Pt]. The van der Waals surface area contributed by atoms with Crippen LogP contribution in [0.1, 0.15) is 144 Å². The topological polar surface area (TPSA) is 50.9 Å². The Labute approximate surface area is 458 Å². The fourth-order valence-electron chi connectivity index (χ4n) is 9.29. The Morgan fingerprint density at radius 2 is 1.17 bits per heavy atom. The minimum atomic E-state index is -3.39. The standard InChI is InChI=1S/C67H70N3O.Pt/c1-42(2)46-27-32-59(55(38-46)45-25-30-52(31-26-45)65(6,7)8)70-60-22-18-21-54(61(60)69-63(70)56-40-53(66(9,10)11)41-57(62(56)71)67(12,13)14)49-35-48(43-19-16-15-17-20-43)36-50(37-49)58-39-47(33-34-68-58)44-23-28-51(29-24-44)64(3,4)5;/h15-36,38-42,71H,1-14H3;/q-1;/i3D3,4D3,5D3,42D;. The van der Waals surface area contributed by atoms with Gasteiger partial charge in [0.05, 0.1) is 22.3 Å². The minimum absolute atomic E-state index is 0. The Bertz CT molecular complexity index is 3780. The van der Waals surface area contributed by atoms with Gasteiger partial charge >= 0.3 is 0 Å². The van der Waals surface area contributed by atoms with E-state index in [9.17, 15) is 6.48 Å². The predicted molar refractivity (Wildman–Crippen MR) is 301 cm³/mol. The normalized spacial score (nSPS) is 15.1. The molecule has 0 radical (unpaired) electrons. The average molecular weight is 1140 g/mol. The third-order valence-electron chi connectivity index (χ3n) is 13.5. The van der Waals surface area contributed by atoms with Gasteiger partial charge in [-0.15, -0.1) is 23.8 Å². The van der Waals surface area contributed by atoms with E-state index in [1.54, 1.807) is 24.4 Å². The monoisotopic (exact) mass is 1140 g/mol. The predicted octanol–water partition coefficient (Wildman–Crippen LogP) is 18.2. The van der Waals surface area contributed by atoms with E-state index in [1.807, 2.05) is 74.5 Å². The fourth-order valence-corrected chi connectivity index (χ4v) is 9.29. The van der Waals surface area contributed by atoms with E-state index in [1.165, 1.54) is 17.7 Å². The molecule has 9 aromatic rings. The summed E-state index contributed by atoms with van der Waals surface area (Å²) in [6.45, 7) is 13.0. The molecule has 0 spiro atoms. The second-order valence-electron chi connectivity index (χ2n) is 22.2. The molecule has 0 saturated carbocycles. The van der Waals surface area contributed by atoms with Crippen LogP contribution in [0.15, 0.2) is 158 Å². The van der Waals surface area contributed by atoms with Crippen LogP contribution in [0.3, 0.4) is 0 Å². The molecular formula is C67H70N3OPt-. The van der Waals surface area contributed by atoms with Crippen LogP contribution in [-0.2, 0) is 42.7 Å². The molecule has 1 N–H and O–H groups in total. The summed E-state index contributed by atoms with van der Waals surface area (Å²) in [7, 11) is 0. The first-order chi connectivity index (χ1) is 37.5. The number of pyridine rings is 1. The van der Waals surface area contributed by atoms with E-state index >= 15 is 0 Å². The van der Waals surface area contributed by atoms with E-state index in [-0.39, 0.29) is 43.2 Å². The summed E-state index contributed by atoms with van der Waals surface area (Å²) >= 11 is 0. The first kappa shape index (κ1) is 40.2. The van der Waals surface area contributed by atoms with Crippen LogP contribution in [-0.4, -0.2) is 19.6 Å². The van der Waals surface area contributed by atoms with Crippen molar-refractivity contribution in [2.24, 2.45) is 0 Å². The first-order valence-corrected chi connectivity index (χ1v) is 24.4. The Hall–Kier alpha value is -6.35. The average Bonchev–Trinajstić information content (AvgIpc) is 1.39. The second kappa shape index (κ2) is 19.6. The molecule has 5 heteroatoms. The van der Waals surface area contributed by atoms with Crippen molar-refractivity contribution in [3.05, 3.63) is 192 Å². The van der Waals surface area contributed by atoms with E-state index in [0.717, 1.165) is 55.7 Å². The molecule has 0 aliphatic carbocycles. The van der Waals surface area contributed by atoms with Gasteiger partial charge in [0, 0.05) is 57.8 Å². The summed E-state index contributed by atoms with van der Waals surface area (Å²) in [6, 6.07) is 52.2. The second-order valence-corrected chi connectivity index (χ2v) is 22.2. The number of phenols is 1. The zero-order chi connectivity index (χ0) is 59.2. The summed E-state index contributed by atoms with van der Waals surface area (Å²) in [5, 5.41) is 12.7. The number of rotatable bonds is 8. The van der Waals surface area contributed by atoms with Gasteiger partial charge in [-0.2, -0.15) is 0 Å². The van der Waals surface area contributed by atoms with E-state index in [2.05, 4.69) is 134 Å². The minimum Gasteiger partial charge on any atom is -0.507 e. The molecule has 72 heavy (non-hydrogen) atoms. The van der Waals surface area contributed by atoms with Gasteiger partial charge in [0.2, 0.25) is 0 Å². The Balaban J connectivity index is 0.00000880. The quantitative estimate of drug-likeness (QED) is 0.154. The number of nitrogens with zero attached hydrogens (tertiary/aromatic N) is 3. The number of phenolic OH excluding ortho intramolecular Hbond substituents is 1. The maximum Gasteiger partial charge on any atom is 0.148 e. The van der Waals surface area contributed by atoms with Crippen LogP contribution in [0, 0.1) is 6.07 Å². The molecule has 0 atom stereocenters. The molecule has 370 valence electrons. The zero-order valence-corrected chi connectivity index (χ0v) is 45.4. The van der Waals surface area contributed by atoms with Crippen LogP contribution in [0.25, 0.3) is 83.9 Å². The molecule has 0 saturated heterocycles. The number of aromatic hydroxyl groups is 1. The molecule has 0 amide bonds. The van der Waals surface area contributed by atoms with Gasteiger partial charge < -0.3 is 5.11 Å². The Kier molecular flexibility index (Phi) is 10.9. The molecule has 0 bridgehead atoms. The van der Waals surface area contributed by atoms with Gasteiger partial charge in [0.25, 0.3) is 0 Å². The van der Waals surface area contributed by atoms with Crippen molar-refractivity contribution in [3.63, 3.8) is 0 Å². The summed E-state index contributed by atoms with van der Waals surface area (Å²) in [4.78, 5) is 10.5. The summed E-state index contributed by atoms with van der Waals surface area (Å²) in [5.74, 6) is -0.245. The summed E-state index contributed by atoms with van der Waals surface area (Å²) in [5.41, 5.74) is 10.0. The van der Waals surface area contributed by atoms with E-state index in [4.69, 9.17) is 22.3 Å². The molecule has 0 unspecified atom stereocenters. The molecule has 0 aliphatic heterocycles. The van der Waals surface area contributed by atoms with Gasteiger partial charge in [-0.1, -0.05) is 223 Å². The fraction of sp³-hybridized carbons (Fsp3) is 0.284. The van der Waals surface area contributed by atoms with Crippen molar-refractivity contribution >= 4 is 11.0 Å². The third kappa shape index (κ3) is 10.4. The first-order valence-electron chi connectivity index (χ1n) is 29.4. The van der Waals surface area contributed by atoms with Crippen LogP contribution >= 0.6 is 0 Å². The molecule has 2 aromatic heterocycles. The molecule has 4 nitrogen and oxygen atoms in total. The molecule has 2 heterocycles. The van der Waals surface area contributed by atoms with Gasteiger partial charge in [-0.25, -0.2) is 4.98 Å². The number of aromatic nitrogens is 3. The Morgan fingerprint density at radius 1 is 0.542 bits per heavy atom. The molecule has 0 aliphatic rings. The van der Waals surface area contributed by atoms with Crippen LogP contribution in [0.2, 0.25) is 0 Å². The van der Waals surface area contributed by atoms with Crippen molar-refractivity contribution < 1.29 is 39.9 Å². The smallest absolute Gasteiger partial charge is 0.148 e. The maximum atomic E-state index is 12.7. The number of para-hydroxylation sites is 1. The van der Waals surface area contributed by atoms with Crippen LogP contribution in [0.5, 0.6) is 5.75 Å². The summed E-state index contributed by atoms with van der Waals surface area (Å²) < 4.78 is 85.6. The van der Waals surface area contributed by atoms with Crippen LogP contribution in [0.4, 0.5) is 0 Å². The number of benzene rings is 7. The molecule has 9 rings (SSSR count). The number of fused-ring (bicyclic) bond motifs is 1. The number of hydrogen-bond donors (Lipinski definition) is 1. The van der Waals surface area contributed by atoms with Crippen molar-refractivity contribution in [2.45, 2.75) is 124 Å². The Morgan fingerprint density at radius 3 is 1.79 bits per heavy atom. The van der Waals surface area contributed by atoms with Gasteiger partial charge in [-0.05, 0) is 102 Å².